The van der Waals surface area contributed by atoms with Gasteiger partial charge in [-0.1, -0.05) is 0 Å². The van der Waals surface area contributed by atoms with E-state index in [1.54, 1.807) is 6.20 Å². The van der Waals surface area contributed by atoms with E-state index in [9.17, 15) is 4.79 Å². The molecule has 2 rings (SSSR count). The highest BCUT2D eigenvalue weighted by atomic mass is 16.2. The summed E-state index contributed by atoms with van der Waals surface area (Å²) in [6.07, 6.45) is 4.57. The number of aryl methyl sites for hydroxylation is 1. The van der Waals surface area contributed by atoms with Crippen LogP contribution in [-0.2, 0) is 4.79 Å². The smallest absolute Gasteiger partial charge is 0.227 e. The summed E-state index contributed by atoms with van der Waals surface area (Å²) < 4.78 is 0. The predicted molar refractivity (Wildman–Crippen MR) is 55.2 cm³/mol. The molecule has 1 amide bonds. The molecule has 0 saturated carbocycles. The first-order chi connectivity index (χ1) is 6.77. The van der Waals surface area contributed by atoms with E-state index >= 15 is 0 Å². The van der Waals surface area contributed by atoms with Gasteiger partial charge in [-0.2, -0.15) is 0 Å². The molecule has 2 heterocycles. The van der Waals surface area contributed by atoms with E-state index in [0.29, 0.717) is 6.42 Å². The van der Waals surface area contributed by atoms with Gasteiger partial charge in [-0.25, -0.2) is 0 Å². The Morgan fingerprint density at radius 2 is 2.21 bits per heavy atom. The van der Waals surface area contributed by atoms with Crippen LogP contribution in [0, 0.1) is 6.92 Å². The predicted octanol–water partition coefficient (Wildman–Crippen LogP) is 1.91. The lowest BCUT2D eigenvalue weighted by Crippen LogP contribution is -2.35. The summed E-state index contributed by atoms with van der Waals surface area (Å²) in [4.78, 5) is 17.6. The topological polar surface area (TPSA) is 33.2 Å². The van der Waals surface area contributed by atoms with Gasteiger partial charge in [0.15, 0.2) is 0 Å². The van der Waals surface area contributed by atoms with Crippen molar-refractivity contribution < 1.29 is 4.79 Å². The lowest BCUT2D eigenvalue weighted by atomic mass is 10.1. The molecular formula is C11H14N2O. The Hall–Kier alpha value is -1.38. The van der Waals surface area contributed by atoms with Crippen LogP contribution in [0.3, 0.4) is 0 Å². The first kappa shape index (κ1) is 9.19. The molecule has 3 nitrogen and oxygen atoms in total. The van der Waals surface area contributed by atoms with Crippen LogP contribution in [-0.4, -0.2) is 17.4 Å². The molecule has 1 fully saturated rings. The maximum Gasteiger partial charge on any atom is 0.227 e. The first-order valence-electron chi connectivity index (χ1n) is 5.00. The molecule has 0 N–H and O–H groups in total. The van der Waals surface area contributed by atoms with Crippen LogP contribution in [0.4, 0.5) is 5.69 Å². The third-order valence-electron chi connectivity index (χ3n) is 2.53. The summed E-state index contributed by atoms with van der Waals surface area (Å²) in [5, 5.41) is 0. The third kappa shape index (κ3) is 1.76. The Labute approximate surface area is 83.8 Å². The monoisotopic (exact) mass is 190 g/mol. The second-order valence-electron chi connectivity index (χ2n) is 3.66. The Bertz CT molecular complexity index is 332. The molecule has 14 heavy (non-hydrogen) atoms. The van der Waals surface area contributed by atoms with Gasteiger partial charge in [0, 0.05) is 18.7 Å². The molecule has 0 atom stereocenters. The van der Waals surface area contributed by atoms with Crippen LogP contribution in [0.2, 0.25) is 0 Å². The zero-order chi connectivity index (χ0) is 9.97. The summed E-state index contributed by atoms with van der Waals surface area (Å²) in [5.74, 6) is 0.224. The van der Waals surface area contributed by atoms with Gasteiger partial charge in [0.1, 0.15) is 0 Å². The lowest BCUT2D eigenvalue weighted by Gasteiger charge is -2.26. The highest BCUT2D eigenvalue weighted by Crippen LogP contribution is 2.19. The van der Waals surface area contributed by atoms with E-state index in [2.05, 4.69) is 4.98 Å². The standard InChI is InChI=1S/C11H14N2O/c1-9-5-6-10(8-12-9)13-7-3-2-4-11(13)14/h5-6,8H,2-4,7H2,1H3. The molecule has 1 aromatic heterocycles. The number of amides is 1. The number of rotatable bonds is 1. The molecule has 3 heteroatoms. The summed E-state index contributed by atoms with van der Waals surface area (Å²) in [5.41, 5.74) is 1.92. The van der Waals surface area contributed by atoms with Crippen LogP contribution in [0.5, 0.6) is 0 Å². The van der Waals surface area contributed by atoms with Crippen molar-refractivity contribution in [3.8, 4) is 0 Å². The molecule has 0 radical (unpaired) electrons. The molecular weight excluding hydrogens is 176 g/mol. The summed E-state index contributed by atoms with van der Waals surface area (Å²) in [6, 6.07) is 3.91. The molecule has 0 unspecified atom stereocenters. The van der Waals surface area contributed by atoms with E-state index in [-0.39, 0.29) is 5.91 Å². The summed E-state index contributed by atoms with van der Waals surface area (Å²) >= 11 is 0. The minimum Gasteiger partial charge on any atom is -0.311 e. The van der Waals surface area contributed by atoms with Gasteiger partial charge in [-0.15, -0.1) is 0 Å². The summed E-state index contributed by atoms with van der Waals surface area (Å²) in [6.45, 7) is 2.78. The van der Waals surface area contributed by atoms with Crippen molar-refractivity contribution >= 4 is 11.6 Å². The Morgan fingerprint density at radius 1 is 1.36 bits per heavy atom. The van der Waals surface area contributed by atoms with Crippen molar-refractivity contribution in [1.82, 2.24) is 4.98 Å². The zero-order valence-corrected chi connectivity index (χ0v) is 8.36. The largest absolute Gasteiger partial charge is 0.311 e. The van der Waals surface area contributed by atoms with E-state index in [1.165, 1.54) is 0 Å². The fourth-order valence-electron chi connectivity index (χ4n) is 1.70. The van der Waals surface area contributed by atoms with Gasteiger partial charge in [-0.3, -0.25) is 9.78 Å². The molecule has 0 bridgehead atoms. The van der Waals surface area contributed by atoms with Crippen LogP contribution in [0.15, 0.2) is 18.3 Å². The lowest BCUT2D eigenvalue weighted by molar-refractivity contribution is -0.119. The molecule has 1 aromatic rings. The molecule has 1 aliphatic heterocycles. The maximum absolute atomic E-state index is 11.6. The molecule has 0 aromatic carbocycles. The van der Waals surface area contributed by atoms with Crippen molar-refractivity contribution in [1.29, 1.82) is 0 Å². The molecule has 74 valence electrons. The van der Waals surface area contributed by atoms with Crippen LogP contribution >= 0.6 is 0 Å². The number of pyridine rings is 1. The van der Waals surface area contributed by atoms with Crippen molar-refractivity contribution in [3.05, 3.63) is 24.0 Å². The second-order valence-corrected chi connectivity index (χ2v) is 3.66. The number of anilines is 1. The van der Waals surface area contributed by atoms with Crippen LogP contribution in [0.1, 0.15) is 25.0 Å². The molecule has 1 aliphatic rings. The first-order valence-corrected chi connectivity index (χ1v) is 5.00. The number of hydrogen-bond donors (Lipinski definition) is 0. The highest BCUT2D eigenvalue weighted by molar-refractivity contribution is 5.93. The normalized spacial score (nSPS) is 17.2. The van der Waals surface area contributed by atoms with Gasteiger partial charge in [-0.05, 0) is 31.9 Å². The third-order valence-corrected chi connectivity index (χ3v) is 2.53. The van der Waals surface area contributed by atoms with Gasteiger partial charge in [0.2, 0.25) is 5.91 Å². The van der Waals surface area contributed by atoms with Gasteiger partial charge in [0.25, 0.3) is 0 Å². The Balaban J connectivity index is 2.20. The molecule has 1 saturated heterocycles. The number of piperidine rings is 1. The van der Waals surface area contributed by atoms with E-state index in [4.69, 9.17) is 0 Å². The van der Waals surface area contributed by atoms with Gasteiger partial charge >= 0.3 is 0 Å². The van der Waals surface area contributed by atoms with Crippen molar-refractivity contribution in [3.63, 3.8) is 0 Å². The fraction of sp³-hybridized carbons (Fsp3) is 0.455. The van der Waals surface area contributed by atoms with Crippen LogP contribution in [0.25, 0.3) is 0 Å². The minimum atomic E-state index is 0.224. The minimum absolute atomic E-state index is 0.224. The average Bonchev–Trinajstić information content (AvgIpc) is 2.20. The maximum atomic E-state index is 11.6. The second kappa shape index (κ2) is 3.78. The quantitative estimate of drug-likeness (QED) is 0.677. The molecule has 0 aliphatic carbocycles. The number of nitrogens with zero attached hydrogens (tertiary/aromatic N) is 2. The zero-order valence-electron chi connectivity index (χ0n) is 8.36. The van der Waals surface area contributed by atoms with Gasteiger partial charge < -0.3 is 4.90 Å². The number of carbonyl (C=O) groups is 1. The number of carbonyl (C=O) groups excluding carboxylic acids is 1. The molecule has 0 spiro atoms. The highest BCUT2D eigenvalue weighted by Gasteiger charge is 2.19. The number of aromatic nitrogens is 1. The Kier molecular flexibility index (Phi) is 2.48. The van der Waals surface area contributed by atoms with Crippen molar-refractivity contribution in [2.45, 2.75) is 26.2 Å². The number of hydrogen-bond acceptors (Lipinski definition) is 2. The Morgan fingerprint density at radius 3 is 2.86 bits per heavy atom. The van der Waals surface area contributed by atoms with Crippen LogP contribution < -0.4 is 4.90 Å². The summed E-state index contributed by atoms with van der Waals surface area (Å²) in [7, 11) is 0. The average molecular weight is 190 g/mol. The van der Waals surface area contributed by atoms with Crippen molar-refractivity contribution in [2.75, 3.05) is 11.4 Å². The van der Waals surface area contributed by atoms with Gasteiger partial charge in [0.05, 0.1) is 11.9 Å². The van der Waals surface area contributed by atoms with E-state index < -0.39 is 0 Å². The van der Waals surface area contributed by atoms with E-state index in [0.717, 1.165) is 30.8 Å². The van der Waals surface area contributed by atoms with E-state index in [1.807, 2.05) is 24.0 Å². The SMILES string of the molecule is Cc1ccc(N2CCCCC2=O)cn1. The fourth-order valence-corrected chi connectivity index (χ4v) is 1.70. The van der Waals surface area contributed by atoms with Crippen molar-refractivity contribution in [2.24, 2.45) is 0 Å².